The zero-order chi connectivity index (χ0) is 19.4. The number of carbonyl (C=O) groups excluding carboxylic acids is 1. The Morgan fingerprint density at radius 1 is 1.15 bits per heavy atom. The predicted octanol–water partition coefficient (Wildman–Crippen LogP) is 3.52. The summed E-state index contributed by atoms with van der Waals surface area (Å²) in [6, 6.07) is 16.1. The molecule has 1 heterocycles. The summed E-state index contributed by atoms with van der Waals surface area (Å²) in [5, 5.41) is 7.13. The Labute approximate surface area is 161 Å². The normalized spacial score (nSPS) is 10.5. The third-order valence-corrected chi connectivity index (χ3v) is 4.83. The molecule has 138 valence electrons. The van der Waals surface area contributed by atoms with Crippen LogP contribution in [0.3, 0.4) is 0 Å². The lowest BCUT2D eigenvalue weighted by molar-refractivity contribution is 0.101. The first-order valence-electron chi connectivity index (χ1n) is 8.24. The van der Waals surface area contributed by atoms with Crippen LogP contribution in [0.2, 0.25) is 0 Å². The lowest BCUT2D eigenvalue weighted by Gasteiger charge is -2.13. The topological polar surface area (TPSA) is 73.2 Å². The maximum Gasteiger partial charge on any atom is 0.280 e. The minimum atomic E-state index is -0.448. The molecule has 0 aliphatic heterocycles. The number of anilines is 1. The Balaban J connectivity index is 2.06. The first kappa shape index (κ1) is 18.7. The van der Waals surface area contributed by atoms with Crippen molar-refractivity contribution < 1.29 is 9.53 Å². The fourth-order valence-corrected chi connectivity index (χ4v) is 3.21. The summed E-state index contributed by atoms with van der Waals surface area (Å²) >= 11 is 1.53. The van der Waals surface area contributed by atoms with Gasteiger partial charge in [0.25, 0.3) is 11.5 Å². The highest BCUT2D eigenvalue weighted by atomic mass is 32.2. The number of methoxy groups -OCH3 is 1. The van der Waals surface area contributed by atoms with Crippen molar-refractivity contribution in [1.29, 1.82) is 0 Å². The van der Waals surface area contributed by atoms with Crippen LogP contribution in [0.25, 0.3) is 5.69 Å². The van der Waals surface area contributed by atoms with Gasteiger partial charge in [-0.25, -0.2) is 0 Å². The van der Waals surface area contributed by atoms with Gasteiger partial charge in [-0.05, 0) is 36.9 Å². The fraction of sp³-hybridized carbons (Fsp3) is 0.150. The SMILES string of the molecule is COc1cc(=O)n(-c2ccccc2C)nc1C(=O)Nc1ccccc1SC. The molecule has 0 atom stereocenters. The molecule has 2 aromatic carbocycles. The zero-order valence-electron chi connectivity index (χ0n) is 15.2. The van der Waals surface area contributed by atoms with Crippen molar-refractivity contribution in [3.05, 3.63) is 76.2 Å². The van der Waals surface area contributed by atoms with Crippen LogP contribution in [0, 0.1) is 6.92 Å². The molecule has 0 saturated carbocycles. The average molecular weight is 381 g/mol. The molecule has 0 radical (unpaired) electrons. The van der Waals surface area contributed by atoms with Gasteiger partial charge >= 0.3 is 0 Å². The molecule has 0 spiro atoms. The van der Waals surface area contributed by atoms with Crippen LogP contribution in [-0.2, 0) is 0 Å². The van der Waals surface area contributed by atoms with Crippen LogP contribution < -0.4 is 15.6 Å². The Kier molecular flexibility index (Phi) is 5.61. The molecular formula is C20H19N3O3S. The zero-order valence-corrected chi connectivity index (χ0v) is 16.0. The van der Waals surface area contributed by atoms with E-state index in [-0.39, 0.29) is 17.0 Å². The Morgan fingerprint density at radius 2 is 1.85 bits per heavy atom. The predicted molar refractivity (Wildman–Crippen MR) is 107 cm³/mol. The maximum absolute atomic E-state index is 12.9. The van der Waals surface area contributed by atoms with E-state index < -0.39 is 5.91 Å². The van der Waals surface area contributed by atoms with E-state index in [4.69, 9.17) is 4.74 Å². The van der Waals surface area contributed by atoms with Crippen LogP contribution in [0.5, 0.6) is 5.75 Å². The number of hydrogen-bond acceptors (Lipinski definition) is 5. The van der Waals surface area contributed by atoms with E-state index in [1.54, 1.807) is 6.07 Å². The number of para-hydroxylation sites is 2. The molecule has 0 aliphatic rings. The first-order chi connectivity index (χ1) is 13.0. The van der Waals surface area contributed by atoms with E-state index in [9.17, 15) is 9.59 Å². The van der Waals surface area contributed by atoms with E-state index in [2.05, 4.69) is 10.4 Å². The number of thioether (sulfide) groups is 1. The third kappa shape index (κ3) is 3.88. The summed E-state index contributed by atoms with van der Waals surface area (Å²) in [7, 11) is 1.40. The Bertz CT molecular complexity index is 1050. The fourth-order valence-electron chi connectivity index (χ4n) is 2.66. The number of carbonyl (C=O) groups is 1. The molecule has 3 aromatic rings. The molecule has 6 nitrogen and oxygen atoms in total. The summed E-state index contributed by atoms with van der Waals surface area (Å²) < 4.78 is 6.44. The third-order valence-electron chi connectivity index (χ3n) is 4.03. The molecule has 27 heavy (non-hydrogen) atoms. The van der Waals surface area contributed by atoms with E-state index in [0.29, 0.717) is 11.4 Å². The summed E-state index contributed by atoms with van der Waals surface area (Å²) in [5.74, 6) is -0.320. The second-order valence-electron chi connectivity index (χ2n) is 5.75. The standard InChI is InChI=1S/C20H19N3O3S/c1-13-8-4-6-10-15(13)23-18(24)12-16(26-2)19(22-23)20(25)21-14-9-5-7-11-17(14)27-3/h4-12H,1-3H3,(H,21,25). The number of hydrogen-bond donors (Lipinski definition) is 1. The monoisotopic (exact) mass is 381 g/mol. The number of ether oxygens (including phenoxy) is 1. The van der Waals surface area contributed by atoms with Gasteiger partial charge in [0, 0.05) is 4.90 Å². The van der Waals surface area contributed by atoms with Gasteiger partial charge in [-0.2, -0.15) is 9.78 Å². The van der Waals surface area contributed by atoms with Gasteiger partial charge in [-0.3, -0.25) is 9.59 Å². The molecule has 0 fully saturated rings. The molecule has 1 aromatic heterocycles. The molecule has 7 heteroatoms. The molecule has 0 aliphatic carbocycles. The minimum Gasteiger partial charge on any atom is -0.494 e. The Hall–Kier alpha value is -3.06. The minimum absolute atomic E-state index is 0.0382. The average Bonchev–Trinajstić information content (AvgIpc) is 2.68. The van der Waals surface area contributed by atoms with Gasteiger partial charge < -0.3 is 10.1 Å². The van der Waals surface area contributed by atoms with Crippen LogP contribution >= 0.6 is 11.8 Å². The van der Waals surface area contributed by atoms with E-state index in [1.807, 2.05) is 55.6 Å². The van der Waals surface area contributed by atoms with Crippen molar-refractivity contribution in [1.82, 2.24) is 9.78 Å². The van der Waals surface area contributed by atoms with Gasteiger partial charge in [0.2, 0.25) is 0 Å². The first-order valence-corrected chi connectivity index (χ1v) is 9.46. The van der Waals surface area contributed by atoms with Gasteiger partial charge in [-0.15, -0.1) is 11.8 Å². The quantitative estimate of drug-likeness (QED) is 0.685. The molecule has 1 amide bonds. The Morgan fingerprint density at radius 3 is 2.56 bits per heavy atom. The van der Waals surface area contributed by atoms with Crippen molar-refractivity contribution in [2.45, 2.75) is 11.8 Å². The number of benzene rings is 2. The number of aromatic nitrogens is 2. The second-order valence-corrected chi connectivity index (χ2v) is 6.60. The lowest BCUT2D eigenvalue weighted by atomic mass is 10.2. The van der Waals surface area contributed by atoms with Gasteiger partial charge in [-0.1, -0.05) is 30.3 Å². The van der Waals surface area contributed by atoms with Crippen LogP contribution in [0.15, 0.2) is 64.3 Å². The van der Waals surface area contributed by atoms with Crippen LogP contribution in [0.4, 0.5) is 5.69 Å². The van der Waals surface area contributed by atoms with Crippen molar-refractivity contribution in [2.75, 3.05) is 18.7 Å². The smallest absolute Gasteiger partial charge is 0.280 e. The highest BCUT2D eigenvalue weighted by molar-refractivity contribution is 7.98. The summed E-state index contributed by atoms with van der Waals surface area (Å²) in [5.41, 5.74) is 1.83. The van der Waals surface area contributed by atoms with E-state index >= 15 is 0 Å². The number of nitrogens with zero attached hydrogens (tertiary/aromatic N) is 2. The summed E-state index contributed by atoms with van der Waals surface area (Å²) in [4.78, 5) is 26.3. The lowest BCUT2D eigenvalue weighted by Crippen LogP contribution is -2.26. The number of aryl methyl sites for hydroxylation is 1. The molecule has 0 bridgehead atoms. The van der Waals surface area contributed by atoms with E-state index in [1.165, 1.54) is 29.6 Å². The van der Waals surface area contributed by atoms with Crippen molar-refractivity contribution in [2.24, 2.45) is 0 Å². The highest BCUT2D eigenvalue weighted by Gasteiger charge is 2.19. The number of nitrogens with one attached hydrogen (secondary N) is 1. The highest BCUT2D eigenvalue weighted by Crippen LogP contribution is 2.26. The van der Waals surface area contributed by atoms with Crippen molar-refractivity contribution >= 4 is 23.4 Å². The van der Waals surface area contributed by atoms with Gasteiger partial charge in [0.15, 0.2) is 11.4 Å². The molecule has 3 rings (SSSR count). The van der Waals surface area contributed by atoms with Gasteiger partial charge in [0.05, 0.1) is 24.6 Å². The van der Waals surface area contributed by atoms with Gasteiger partial charge in [0.1, 0.15) is 0 Å². The molecule has 1 N–H and O–H groups in total. The molecule has 0 saturated heterocycles. The number of amides is 1. The van der Waals surface area contributed by atoms with Crippen molar-refractivity contribution in [3.8, 4) is 11.4 Å². The number of rotatable bonds is 5. The maximum atomic E-state index is 12.9. The van der Waals surface area contributed by atoms with Crippen LogP contribution in [0.1, 0.15) is 16.1 Å². The van der Waals surface area contributed by atoms with E-state index in [0.717, 1.165) is 10.5 Å². The largest absolute Gasteiger partial charge is 0.494 e. The second kappa shape index (κ2) is 8.09. The van der Waals surface area contributed by atoms with Crippen LogP contribution in [-0.4, -0.2) is 29.1 Å². The summed E-state index contributed by atoms with van der Waals surface area (Å²) in [6.07, 6.45) is 1.93. The summed E-state index contributed by atoms with van der Waals surface area (Å²) in [6.45, 7) is 1.88. The molecule has 0 unspecified atom stereocenters. The molecular weight excluding hydrogens is 362 g/mol. The van der Waals surface area contributed by atoms with Crippen molar-refractivity contribution in [3.63, 3.8) is 0 Å².